The van der Waals surface area contributed by atoms with Gasteiger partial charge in [-0.1, -0.05) is 37.6 Å². The van der Waals surface area contributed by atoms with E-state index in [0.29, 0.717) is 6.54 Å². The maximum absolute atomic E-state index is 10.5. The number of fused-ring (bicyclic) bond motifs is 1. The van der Waals surface area contributed by atoms with E-state index in [1.54, 1.807) is 0 Å². The average Bonchev–Trinajstić information content (AvgIpc) is 2.96. The van der Waals surface area contributed by atoms with Crippen molar-refractivity contribution in [2.75, 3.05) is 6.61 Å². The predicted octanol–water partition coefficient (Wildman–Crippen LogP) is 4.87. The molecule has 1 aromatic heterocycles. The summed E-state index contributed by atoms with van der Waals surface area (Å²) in [6.45, 7) is 8.78. The zero-order valence-corrected chi connectivity index (χ0v) is 16.4. The zero-order valence-electron chi connectivity index (χ0n) is 15.7. The zero-order chi connectivity index (χ0) is 18.8. The molecule has 0 saturated heterocycles. The van der Waals surface area contributed by atoms with Crippen molar-refractivity contribution in [1.29, 1.82) is 0 Å². The van der Waals surface area contributed by atoms with Gasteiger partial charge in [-0.25, -0.2) is 4.98 Å². The number of aliphatic hydroxyl groups excluding tert-OH is 1. The number of nitrogens with zero attached hydrogens (tertiary/aromatic N) is 2. The van der Waals surface area contributed by atoms with E-state index in [0.717, 1.165) is 38.8 Å². The number of benzene rings is 2. The van der Waals surface area contributed by atoms with Gasteiger partial charge in [0.1, 0.15) is 24.3 Å². The van der Waals surface area contributed by atoms with Crippen LogP contribution in [0.2, 0.25) is 5.02 Å². The van der Waals surface area contributed by atoms with E-state index in [2.05, 4.69) is 18.4 Å². The topological polar surface area (TPSA) is 47.3 Å². The van der Waals surface area contributed by atoms with Crippen LogP contribution in [-0.4, -0.2) is 27.4 Å². The first-order valence-corrected chi connectivity index (χ1v) is 9.27. The largest absolute Gasteiger partial charge is 0.491 e. The third-order valence-electron chi connectivity index (χ3n) is 4.45. The van der Waals surface area contributed by atoms with Gasteiger partial charge in [-0.3, -0.25) is 0 Å². The van der Waals surface area contributed by atoms with Crippen LogP contribution in [0.25, 0.3) is 11.0 Å². The molecule has 3 rings (SSSR count). The highest BCUT2D eigenvalue weighted by Crippen LogP contribution is 2.26. The van der Waals surface area contributed by atoms with Gasteiger partial charge in [0, 0.05) is 10.9 Å². The molecule has 3 aromatic rings. The quantitative estimate of drug-likeness (QED) is 0.671. The molecule has 0 aliphatic carbocycles. The van der Waals surface area contributed by atoms with Crippen LogP contribution in [0.5, 0.6) is 5.75 Å². The van der Waals surface area contributed by atoms with E-state index >= 15 is 0 Å². The molecular formula is C21H25ClN2O2. The lowest BCUT2D eigenvalue weighted by atomic mass is 10.1. The van der Waals surface area contributed by atoms with E-state index in [4.69, 9.17) is 21.3 Å². The molecule has 0 bridgehead atoms. The number of aliphatic hydroxyl groups is 1. The van der Waals surface area contributed by atoms with Gasteiger partial charge < -0.3 is 14.4 Å². The summed E-state index contributed by atoms with van der Waals surface area (Å²) in [6, 6.07) is 11.8. The highest BCUT2D eigenvalue weighted by atomic mass is 35.5. The lowest BCUT2D eigenvalue weighted by molar-refractivity contribution is 0.0925. The Labute approximate surface area is 159 Å². The Morgan fingerprint density at radius 3 is 2.46 bits per heavy atom. The fourth-order valence-electron chi connectivity index (χ4n) is 3.17. The van der Waals surface area contributed by atoms with Crippen molar-refractivity contribution in [2.24, 2.45) is 0 Å². The first kappa shape index (κ1) is 18.7. The molecule has 1 N–H and O–H groups in total. The van der Waals surface area contributed by atoms with Crippen molar-refractivity contribution < 1.29 is 9.84 Å². The van der Waals surface area contributed by atoms with Gasteiger partial charge in [-0.15, -0.1) is 0 Å². The number of para-hydroxylation sites is 2. The summed E-state index contributed by atoms with van der Waals surface area (Å²) in [5.74, 6) is 1.98. The second kappa shape index (κ2) is 7.68. The Bertz CT molecular complexity index is 895. The van der Waals surface area contributed by atoms with Gasteiger partial charge in [-0.2, -0.15) is 0 Å². The lowest BCUT2D eigenvalue weighted by Crippen LogP contribution is -2.25. The van der Waals surface area contributed by atoms with E-state index < -0.39 is 6.10 Å². The van der Waals surface area contributed by atoms with E-state index in [-0.39, 0.29) is 12.5 Å². The molecule has 4 nitrogen and oxygen atoms in total. The number of ether oxygens (including phenoxy) is 1. The summed E-state index contributed by atoms with van der Waals surface area (Å²) in [4.78, 5) is 4.71. The highest BCUT2D eigenvalue weighted by Gasteiger charge is 2.17. The summed E-state index contributed by atoms with van der Waals surface area (Å²) in [6.07, 6.45) is -0.638. The third-order valence-corrected chi connectivity index (χ3v) is 5.04. The van der Waals surface area contributed by atoms with Crippen molar-refractivity contribution in [1.82, 2.24) is 9.55 Å². The monoisotopic (exact) mass is 372 g/mol. The average molecular weight is 373 g/mol. The summed E-state index contributed by atoms with van der Waals surface area (Å²) < 4.78 is 7.89. The van der Waals surface area contributed by atoms with Crippen molar-refractivity contribution in [2.45, 2.75) is 46.3 Å². The molecule has 26 heavy (non-hydrogen) atoms. The molecule has 138 valence electrons. The smallest absolute Gasteiger partial charge is 0.120 e. The molecule has 0 aliphatic heterocycles. The number of rotatable bonds is 6. The fourth-order valence-corrected chi connectivity index (χ4v) is 3.28. The minimum absolute atomic E-state index is 0.213. The predicted molar refractivity (Wildman–Crippen MR) is 106 cm³/mol. The normalized spacial score (nSPS) is 12.7. The van der Waals surface area contributed by atoms with Crippen LogP contribution in [0, 0.1) is 13.8 Å². The third kappa shape index (κ3) is 3.87. The summed E-state index contributed by atoms with van der Waals surface area (Å²) in [5.41, 5.74) is 3.93. The SMILES string of the molecule is Cc1cc(OCC(O)Cn2c(C(C)C)nc3ccccc32)cc(C)c1Cl. The first-order valence-electron chi connectivity index (χ1n) is 8.89. The maximum Gasteiger partial charge on any atom is 0.120 e. The minimum atomic E-state index is -0.638. The number of hydrogen-bond donors (Lipinski definition) is 1. The van der Waals surface area contributed by atoms with Crippen molar-refractivity contribution in [3.8, 4) is 5.75 Å². The van der Waals surface area contributed by atoms with Crippen LogP contribution in [0.15, 0.2) is 36.4 Å². The Morgan fingerprint density at radius 1 is 1.15 bits per heavy atom. The van der Waals surface area contributed by atoms with Crippen LogP contribution < -0.4 is 4.74 Å². The second-order valence-electron chi connectivity index (χ2n) is 7.06. The molecule has 2 aromatic carbocycles. The second-order valence-corrected chi connectivity index (χ2v) is 7.44. The Morgan fingerprint density at radius 2 is 1.81 bits per heavy atom. The number of hydrogen-bond acceptors (Lipinski definition) is 3. The first-order chi connectivity index (χ1) is 12.4. The van der Waals surface area contributed by atoms with Crippen molar-refractivity contribution in [3.05, 3.63) is 58.4 Å². The molecule has 0 fully saturated rings. The molecule has 1 heterocycles. The molecule has 0 saturated carbocycles. The summed E-state index contributed by atoms with van der Waals surface area (Å²) >= 11 is 6.19. The molecule has 0 amide bonds. The van der Waals surface area contributed by atoms with Gasteiger partial charge in [0.2, 0.25) is 0 Å². The van der Waals surface area contributed by atoms with Gasteiger partial charge >= 0.3 is 0 Å². The van der Waals surface area contributed by atoms with Gasteiger partial charge in [0.15, 0.2) is 0 Å². The Hall–Kier alpha value is -2.04. The van der Waals surface area contributed by atoms with Crippen molar-refractivity contribution >= 4 is 22.6 Å². The lowest BCUT2D eigenvalue weighted by Gasteiger charge is -2.17. The van der Waals surface area contributed by atoms with E-state index in [1.807, 2.05) is 50.2 Å². The number of imidazole rings is 1. The molecule has 0 spiro atoms. The van der Waals surface area contributed by atoms with Crippen LogP contribution in [-0.2, 0) is 6.54 Å². The molecule has 1 atom stereocenters. The Kier molecular flexibility index (Phi) is 5.54. The van der Waals surface area contributed by atoms with Crippen LogP contribution in [0.1, 0.15) is 36.7 Å². The summed E-state index contributed by atoms with van der Waals surface area (Å²) in [5, 5.41) is 11.3. The van der Waals surface area contributed by atoms with Gasteiger partial charge in [0.05, 0.1) is 17.6 Å². The Balaban J connectivity index is 1.75. The van der Waals surface area contributed by atoms with Gasteiger partial charge in [-0.05, 0) is 49.2 Å². The molecule has 5 heteroatoms. The van der Waals surface area contributed by atoms with Crippen LogP contribution in [0.3, 0.4) is 0 Å². The molecular weight excluding hydrogens is 348 g/mol. The van der Waals surface area contributed by atoms with Gasteiger partial charge in [0.25, 0.3) is 0 Å². The van der Waals surface area contributed by atoms with Crippen LogP contribution in [0.4, 0.5) is 0 Å². The van der Waals surface area contributed by atoms with Crippen molar-refractivity contribution in [3.63, 3.8) is 0 Å². The van der Waals surface area contributed by atoms with E-state index in [9.17, 15) is 5.11 Å². The highest BCUT2D eigenvalue weighted by molar-refractivity contribution is 6.32. The maximum atomic E-state index is 10.5. The number of aryl methyl sites for hydroxylation is 2. The van der Waals surface area contributed by atoms with Crippen LogP contribution >= 0.6 is 11.6 Å². The van der Waals surface area contributed by atoms with E-state index in [1.165, 1.54) is 0 Å². The fraction of sp³-hybridized carbons (Fsp3) is 0.381. The molecule has 0 aliphatic rings. The number of aromatic nitrogens is 2. The summed E-state index contributed by atoms with van der Waals surface area (Å²) in [7, 11) is 0. The minimum Gasteiger partial charge on any atom is -0.491 e. The standard InChI is InChI=1S/C21H25ClN2O2/c1-13(2)21-23-18-7-5-6-8-19(18)24(21)11-16(25)12-26-17-9-14(3)20(22)15(4)10-17/h5-10,13,16,25H,11-12H2,1-4H3. The molecule has 1 unspecified atom stereocenters. The number of halogens is 1. The molecule has 0 radical (unpaired) electrons.